The van der Waals surface area contributed by atoms with Crippen LogP contribution in [-0.4, -0.2) is 23.9 Å². The molecule has 0 saturated heterocycles. The zero-order chi connectivity index (χ0) is 25.2. The first kappa shape index (κ1) is 25.0. The van der Waals surface area contributed by atoms with Crippen LogP contribution in [0.25, 0.3) is 0 Å². The van der Waals surface area contributed by atoms with Gasteiger partial charge in [0.2, 0.25) is 11.8 Å². The number of hydrogen-bond acceptors (Lipinski definition) is 2. The van der Waals surface area contributed by atoms with Crippen molar-refractivity contribution in [1.82, 2.24) is 10.6 Å². The van der Waals surface area contributed by atoms with E-state index in [4.69, 9.17) is 0 Å². The Bertz CT molecular complexity index is 1090. The Balaban J connectivity index is 1.13. The lowest BCUT2D eigenvalue weighted by Gasteiger charge is -2.37. The summed E-state index contributed by atoms with van der Waals surface area (Å²) in [5.41, 5.74) is 5.50. The largest absolute Gasteiger partial charge is 0.353 e. The average Bonchev–Trinajstić information content (AvgIpc) is 2.89. The molecule has 36 heavy (non-hydrogen) atoms. The van der Waals surface area contributed by atoms with Crippen molar-refractivity contribution < 1.29 is 9.59 Å². The summed E-state index contributed by atoms with van der Waals surface area (Å²) in [6.07, 6.45) is 7.59. The van der Waals surface area contributed by atoms with E-state index in [-0.39, 0.29) is 47.6 Å². The van der Waals surface area contributed by atoms with Crippen LogP contribution < -0.4 is 10.6 Å². The first-order valence-corrected chi connectivity index (χ1v) is 14.2. The predicted octanol–water partition coefficient (Wildman–Crippen LogP) is 5.90. The Kier molecular flexibility index (Phi) is 7.50. The first-order valence-electron chi connectivity index (χ1n) is 14.2. The molecule has 0 aromatic heterocycles. The Morgan fingerprint density at radius 3 is 1.75 bits per heavy atom. The van der Waals surface area contributed by atoms with Gasteiger partial charge in [0, 0.05) is 23.9 Å². The number of carbonyl (C=O) groups is 2. The average molecular weight is 487 g/mol. The topological polar surface area (TPSA) is 58.2 Å². The molecule has 4 atom stereocenters. The molecule has 0 aliphatic heterocycles. The van der Waals surface area contributed by atoms with Gasteiger partial charge in [-0.25, -0.2) is 0 Å². The summed E-state index contributed by atoms with van der Waals surface area (Å²) < 4.78 is 0. The van der Waals surface area contributed by atoms with E-state index in [1.165, 1.54) is 22.3 Å². The number of aryl methyl sites for hydroxylation is 2. The normalized spacial score (nSPS) is 29.7. The minimum atomic E-state index is 0.0491. The Morgan fingerprint density at radius 2 is 1.17 bits per heavy atom. The predicted molar refractivity (Wildman–Crippen MR) is 145 cm³/mol. The van der Waals surface area contributed by atoms with Gasteiger partial charge < -0.3 is 10.6 Å². The van der Waals surface area contributed by atoms with Crippen LogP contribution in [0.15, 0.2) is 48.5 Å². The summed E-state index contributed by atoms with van der Waals surface area (Å²) in [5, 5.41) is 6.78. The van der Waals surface area contributed by atoms with E-state index in [0.717, 1.165) is 51.4 Å². The van der Waals surface area contributed by atoms with Gasteiger partial charge in [0.15, 0.2) is 0 Å². The third-order valence-corrected chi connectivity index (χ3v) is 9.26. The van der Waals surface area contributed by atoms with Crippen molar-refractivity contribution in [1.29, 1.82) is 0 Å². The molecule has 2 N–H and O–H groups in total. The van der Waals surface area contributed by atoms with E-state index in [2.05, 4.69) is 79.9 Å². The Hall–Kier alpha value is -2.62. The second-order valence-electron chi connectivity index (χ2n) is 11.8. The fourth-order valence-electron chi connectivity index (χ4n) is 7.25. The molecule has 1 saturated carbocycles. The minimum Gasteiger partial charge on any atom is -0.353 e. The van der Waals surface area contributed by atoms with Crippen LogP contribution in [0.1, 0.15) is 93.4 Å². The standard InChI is InChI=1S/C32H42N2O2/c1-20(2)30-28-11-7-5-9-23(28)13-19-29(30)32(36)34-25-16-14-24(15-17-25)33-31(35)27-18-12-22-8-4-6-10-26(22)21(27)3/h4-11,20-21,24-25,27,29-30H,12-19H2,1-3H3,(H,33,35)(H,34,36)/t21-,24-,25-,27+,29+,30-/m0/s1. The van der Waals surface area contributed by atoms with Gasteiger partial charge in [0.1, 0.15) is 0 Å². The minimum absolute atomic E-state index is 0.0491. The van der Waals surface area contributed by atoms with Gasteiger partial charge in [-0.15, -0.1) is 0 Å². The van der Waals surface area contributed by atoms with E-state index in [1.54, 1.807) is 0 Å². The van der Waals surface area contributed by atoms with Crippen LogP contribution in [0.4, 0.5) is 0 Å². The Morgan fingerprint density at radius 1 is 0.694 bits per heavy atom. The number of amides is 2. The first-order chi connectivity index (χ1) is 17.4. The number of fused-ring (bicyclic) bond motifs is 2. The molecule has 192 valence electrons. The van der Waals surface area contributed by atoms with Crippen LogP contribution in [0, 0.1) is 17.8 Å². The maximum Gasteiger partial charge on any atom is 0.223 e. The van der Waals surface area contributed by atoms with E-state index in [9.17, 15) is 9.59 Å². The summed E-state index contributed by atoms with van der Waals surface area (Å²) in [6.45, 7) is 6.68. The number of nitrogens with one attached hydrogen (secondary N) is 2. The fourth-order valence-corrected chi connectivity index (χ4v) is 7.25. The second-order valence-corrected chi connectivity index (χ2v) is 11.8. The third-order valence-electron chi connectivity index (χ3n) is 9.26. The van der Waals surface area contributed by atoms with Crippen LogP contribution in [0.3, 0.4) is 0 Å². The van der Waals surface area contributed by atoms with Gasteiger partial charge in [0.25, 0.3) is 0 Å². The smallest absolute Gasteiger partial charge is 0.223 e. The molecule has 1 fully saturated rings. The van der Waals surface area contributed by atoms with Crippen LogP contribution in [-0.2, 0) is 22.4 Å². The van der Waals surface area contributed by atoms with Crippen molar-refractivity contribution in [2.45, 2.75) is 96.1 Å². The molecule has 3 aliphatic rings. The van der Waals surface area contributed by atoms with Crippen molar-refractivity contribution in [2.24, 2.45) is 17.8 Å². The number of benzene rings is 2. The maximum atomic E-state index is 13.4. The van der Waals surface area contributed by atoms with Crippen molar-refractivity contribution in [3.8, 4) is 0 Å². The van der Waals surface area contributed by atoms with E-state index in [1.807, 2.05) is 0 Å². The number of hydrogen-bond donors (Lipinski definition) is 2. The molecular formula is C32H42N2O2. The van der Waals surface area contributed by atoms with E-state index < -0.39 is 0 Å². The summed E-state index contributed by atoms with van der Waals surface area (Å²) >= 11 is 0. The summed E-state index contributed by atoms with van der Waals surface area (Å²) in [4.78, 5) is 26.6. The highest BCUT2D eigenvalue weighted by atomic mass is 16.2. The highest BCUT2D eigenvalue weighted by Gasteiger charge is 2.37. The van der Waals surface area contributed by atoms with Gasteiger partial charge in [0.05, 0.1) is 0 Å². The molecule has 0 heterocycles. The summed E-state index contributed by atoms with van der Waals surface area (Å²) in [6, 6.07) is 17.7. The molecule has 5 rings (SSSR count). The molecule has 4 heteroatoms. The lowest BCUT2D eigenvalue weighted by Crippen LogP contribution is -2.48. The maximum absolute atomic E-state index is 13.4. The highest BCUT2D eigenvalue weighted by Crippen LogP contribution is 2.41. The molecule has 0 spiro atoms. The molecule has 0 unspecified atom stereocenters. The highest BCUT2D eigenvalue weighted by molar-refractivity contribution is 5.81. The van der Waals surface area contributed by atoms with Gasteiger partial charge in [-0.1, -0.05) is 69.3 Å². The molecule has 0 bridgehead atoms. The van der Waals surface area contributed by atoms with Crippen molar-refractivity contribution in [3.63, 3.8) is 0 Å². The number of rotatable bonds is 5. The van der Waals surface area contributed by atoms with Crippen LogP contribution in [0.5, 0.6) is 0 Å². The molecule has 3 aliphatic carbocycles. The van der Waals surface area contributed by atoms with Gasteiger partial charge in [-0.3, -0.25) is 9.59 Å². The quantitative estimate of drug-likeness (QED) is 0.553. The van der Waals surface area contributed by atoms with E-state index >= 15 is 0 Å². The monoisotopic (exact) mass is 486 g/mol. The van der Waals surface area contributed by atoms with Crippen molar-refractivity contribution in [3.05, 3.63) is 70.8 Å². The van der Waals surface area contributed by atoms with Crippen LogP contribution in [0.2, 0.25) is 0 Å². The molecule has 2 aromatic carbocycles. The van der Waals surface area contributed by atoms with E-state index in [0.29, 0.717) is 5.92 Å². The zero-order valence-electron chi connectivity index (χ0n) is 22.1. The zero-order valence-corrected chi connectivity index (χ0v) is 22.1. The SMILES string of the molecule is CC(C)[C@H]1c2ccccc2CC[C@H]1C(=O)N[C@H]1CC[C@H](NC(=O)[C@@H]2CCc3ccccc3[C@@H]2C)CC1. The number of carbonyl (C=O) groups excluding carboxylic acids is 2. The molecule has 0 radical (unpaired) electrons. The third kappa shape index (κ3) is 5.10. The summed E-state index contributed by atoms with van der Waals surface area (Å²) in [5.74, 6) is 1.53. The van der Waals surface area contributed by atoms with Crippen molar-refractivity contribution in [2.75, 3.05) is 0 Å². The molecule has 2 aromatic rings. The van der Waals surface area contributed by atoms with Gasteiger partial charge >= 0.3 is 0 Å². The lowest BCUT2D eigenvalue weighted by atomic mass is 9.69. The molecule has 4 nitrogen and oxygen atoms in total. The second kappa shape index (κ2) is 10.8. The Labute approximate surface area is 216 Å². The molecule has 2 amide bonds. The van der Waals surface area contributed by atoms with Gasteiger partial charge in [-0.2, -0.15) is 0 Å². The lowest BCUT2D eigenvalue weighted by molar-refractivity contribution is -0.129. The summed E-state index contributed by atoms with van der Waals surface area (Å²) in [7, 11) is 0. The van der Waals surface area contributed by atoms with Crippen LogP contribution >= 0.6 is 0 Å². The molecular weight excluding hydrogens is 444 g/mol. The fraction of sp³-hybridized carbons (Fsp3) is 0.562. The van der Waals surface area contributed by atoms with Gasteiger partial charge in [-0.05, 0) is 91.4 Å². The van der Waals surface area contributed by atoms with Crippen molar-refractivity contribution >= 4 is 11.8 Å².